The third-order valence-corrected chi connectivity index (χ3v) is 4.97. The summed E-state index contributed by atoms with van der Waals surface area (Å²) in [6.45, 7) is 5.67. The molecule has 1 saturated heterocycles. The molecule has 0 unspecified atom stereocenters. The predicted octanol–water partition coefficient (Wildman–Crippen LogP) is 3.13. The van der Waals surface area contributed by atoms with Gasteiger partial charge in [0.2, 0.25) is 5.91 Å². The summed E-state index contributed by atoms with van der Waals surface area (Å²) < 4.78 is 11.1. The van der Waals surface area contributed by atoms with E-state index in [0.717, 1.165) is 36.0 Å². The molecule has 1 fully saturated rings. The average molecular weight is 358 g/mol. The Labute approximate surface area is 153 Å². The van der Waals surface area contributed by atoms with Crippen LogP contribution in [0.3, 0.4) is 0 Å². The van der Waals surface area contributed by atoms with Crippen molar-refractivity contribution >= 4 is 22.8 Å². The maximum Gasteiger partial charge on any atom is 0.289 e. The van der Waals surface area contributed by atoms with Gasteiger partial charge in [0.05, 0.1) is 13.0 Å². The van der Waals surface area contributed by atoms with Crippen molar-refractivity contribution in [2.45, 2.75) is 33.1 Å². The molecule has 6 heteroatoms. The Morgan fingerprint density at radius 3 is 2.92 bits per heavy atom. The molecule has 2 aromatic rings. The molecular formula is C20H26N2O4. The molecular weight excluding hydrogens is 332 g/mol. The van der Waals surface area contributed by atoms with Gasteiger partial charge in [0.15, 0.2) is 5.76 Å². The average Bonchev–Trinajstić information content (AvgIpc) is 3.01. The van der Waals surface area contributed by atoms with E-state index in [1.165, 1.54) is 0 Å². The van der Waals surface area contributed by atoms with E-state index in [-0.39, 0.29) is 17.7 Å². The normalized spacial score (nSPS) is 17.3. The number of amides is 2. The molecule has 2 amide bonds. The van der Waals surface area contributed by atoms with Crippen molar-refractivity contribution in [2.75, 3.05) is 26.7 Å². The predicted molar refractivity (Wildman–Crippen MR) is 99.4 cm³/mol. The smallest absolute Gasteiger partial charge is 0.289 e. The summed E-state index contributed by atoms with van der Waals surface area (Å²) in [6, 6.07) is 5.51. The Morgan fingerprint density at radius 2 is 2.19 bits per heavy atom. The Kier molecular flexibility index (Phi) is 5.49. The van der Waals surface area contributed by atoms with Crippen LogP contribution in [0.15, 0.2) is 22.6 Å². The lowest BCUT2D eigenvalue weighted by atomic mass is 9.96. The number of carbonyl (C=O) groups is 2. The highest BCUT2D eigenvalue weighted by atomic mass is 16.5. The van der Waals surface area contributed by atoms with E-state index in [2.05, 4.69) is 5.32 Å². The fourth-order valence-corrected chi connectivity index (χ4v) is 3.44. The van der Waals surface area contributed by atoms with Crippen LogP contribution in [0.2, 0.25) is 0 Å². The number of furan rings is 1. The monoisotopic (exact) mass is 358 g/mol. The molecule has 1 aromatic carbocycles. The highest BCUT2D eigenvalue weighted by Crippen LogP contribution is 2.30. The van der Waals surface area contributed by atoms with Gasteiger partial charge in [-0.2, -0.15) is 0 Å². The lowest BCUT2D eigenvalue weighted by Gasteiger charge is -2.31. The van der Waals surface area contributed by atoms with E-state index in [1.54, 1.807) is 12.0 Å². The minimum absolute atomic E-state index is 0.0374. The molecule has 1 atom stereocenters. The van der Waals surface area contributed by atoms with Crippen molar-refractivity contribution < 1.29 is 18.7 Å². The van der Waals surface area contributed by atoms with Crippen LogP contribution in [0.5, 0.6) is 5.75 Å². The van der Waals surface area contributed by atoms with Gasteiger partial charge in [-0.25, -0.2) is 0 Å². The van der Waals surface area contributed by atoms with Crippen LogP contribution in [0.4, 0.5) is 0 Å². The summed E-state index contributed by atoms with van der Waals surface area (Å²) in [6.07, 6.45) is 2.54. The van der Waals surface area contributed by atoms with Gasteiger partial charge >= 0.3 is 0 Å². The Hall–Kier alpha value is -2.50. The van der Waals surface area contributed by atoms with Gasteiger partial charge in [-0.1, -0.05) is 6.92 Å². The first-order chi connectivity index (χ1) is 12.5. The van der Waals surface area contributed by atoms with Crippen molar-refractivity contribution in [3.8, 4) is 5.75 Å². The Balaban J connectivity index is 1.79. The van der Waals surface area contributed by atoms with E-state index < -0.39 is 0 Å². The Morgan fingerprint density at radius 1 is 1.38 bits per heavy atom. The number of carbonyl (C=O) groups excluding carboxylic acids is 2. The van der Waals surface area contributed by atoms with Gasteiger partial charge in [0.1, 0.15) is 11.3 Å². The van der Waals surface area contributed by atoms with Crippen LogP contribution in [-0.2, 0) is 4.79 Å². The fourth-order valence-electron chi connectivity index (χ4n) is 3.44. The number of benzene rings is 1. The van der Waals surface area contributed by atoms with Crippen LogP contribution in [0.1, 0.15) is 42.3 Å². The summed E-state index contributed by atoms with van der Waals surface area (Å²) in [5.41, 5.74) is 1.47. The maximum atomic E-state index is 13.0. The van der Waals surface area contributed by atoms with E-state index in [9.17, 15) is 9.59 Å². The topological polar surface area (TPSA) is 71.8 Å². The second kappa shape index (κ2) is 7.81. The summed E-state index contributed by atoms with van der Waals surface area (Å²) in [5.74, 6) is 0.819. The molecule has 140 valence electrons. The lowest BCUT2D eigenvalue weighted by molar-refractivity contribution is -0.126. The van der Waals surface area contributed by atoms with Crippen LogP contribution in [0, 0.1) is 12.8 Å². The molecule has 26 heavy (non-hydrogen) atoms. The number of fused-ring (bicyclic) bond motifs is 1. The van der Waals surface area contributed by atoms with Gasteiger partial charge < -0.3 is 19.4 Å². The molecule has 6 nitrogen and oxygen atoms in total. The number of piperidine rings is 1. The molecule has 1 aliphatic rings. The largest absolute Gasteiger partial charge is 0.497 e. The minimum atomic E-state index is -0.149. The summed E-state index contributed by atoms with van der Waals surface area (Å²) in [5, 5.41) is 3.81. The molecule has 0 spiro atoms. The summed E-state index contributed by atoms with van der Waals surface area (Å²) in [7, 11) is 1.61. The molecule has 0 saturated carbocycles. The summed E-state index contributed by atoms with van der Waals surface area (Å²) >= 11 is 0. The molecule has 1 aromatic heterocycles. The van der Waals surface area contributed by atoms with Crippen molar-refractivity contribution in [2.24, 2.45) is 5.92 Å². The second-order valence-electron chi connectivity index (χ2n) is 6.80. The van der Waals surface area contributed by atoms with Crippen LogP contribution < -0.4 is 10.1 Å². The fraction of sp³-hybridized carbons (Fsp3) is 0.500. The minimum Gasteiger partial charge on any atom is -0.497 e. The van der Waals surface area contributed by atoms with Gasteiger partial charge in [-0.05, 0) is 44.4 Å². The lowest BCUT2D eigenvalue weighted by Crippen LogP contribution is -2.45. The van der Waals surface area contributed by atoms with E-state index in [1.807, 2.05) is 32.0 Å². The quantitative estimate of drug-likeness (QED) is 0.891. The molecule has 3 rings (SSSR count). The maximum absolute atomic E-state index is 13.0. The zero-order valence-electron chi connectivity index (χ0n) is 15.6. The zero-order valence-corrected chi connectivity index (χ0v) is 15.6. The van der Waals surface area contributed by atoms with Gasteiger partial charge in [-0.15, -0.1) is 0 Å². The number of hydrogen-bond donors (Lipinski definition) is 1. The SMILES string of the molecule is CCCNC(=O)[C@H]1CCCN(C(=O)c2oc3ccc(OC)cc3c2C)C1. The van der Waals surface area contributed by atoms with Crippen molar-refractivity contribution in [1.29, 1.82) is 0 Å². The zero-order chi connectivity index (χ0) is 18.7. The number of ether oxygens (including phenoxy) is 1. The number of methoxy groups -OCH3 is 1. The number of nitrogens with zero attached hydrogens (tertiary/aromatic N) is 1. The van der Waals surface area contributed by atoms with Gasteiger partial charge in [0.25, 0.3) is 5.91 Å². The van der Waals surface area contributed by atoms with Crippen LogP contribution in [-0.4, -0.2) is 43.5 Å². The number of nitrogens with one attached hydrogen (secondary N) is 1. The van der Waals surface area contributed by atoms with E-state index in [4.69, 9.17) is 9.15 Å². The highest BCUT2D eigenvalue weighted by Gasteiger charge is 2.31. The highest BCUT2D eigenvalue weighted by molar-refractivity contribution is 5.99. The molecule has 0 radical (unpaired) electrons. The van der Waals surface area contributed by atoms with Crippen molar-refractivity contribution in [3.05, 3.63) is 29.5 Å². The number of hydrogen-bond acceptors (Lipinski definition) is 4. The first-order valence-electron chi connectivity index (χ1n) is 9.19. The van der Waals surface area contributed by atoms with E-state index in [0.29, 0.717) is 31.0 Å². The molecule has 0 aliphatic carbocycles. The molecule has 1 N–H and O–H groups in total. The molecule has 0 bridgehead atoms. The standard InChI is InChI=1S/C20H26N2O4/c1-4-9-21-19(23)14-6-5-10-22(12-14)20(24)18-13(2)16-11-15(25-3)7-8-17(16)26-18/h7-8,11,14H,4-6,9-10,12H2,1-3H3,(H,21,23)/t14-/m0/s1. The van der Waals surface area contributed by atoms with Crippen molar-refractivity contribution in [3.63, 3.8) is 0 Å². The van der Waals surface area contributed by atoms with E-state index >= 15 is 0 Å². The number of rotatable bonds is 5. The van der Waals surface area contributed by atoms with Gasteiger partial charge in [-0.3, -0.25) is 9.59 Å². The van der Waals surface area contributed by atoms with Crippen LogP contribution in [0.25, 0.3) is 11.0 Å². The Bertz CT molecular complexity index is 811. The number of likely N-dealkylation sites (tertiary alicyclic amines) is 1. The third kappa shape index (κ3) is 3.54. The first kappa shape index (κ1) is 18.3. The van der Waals surface area contributed by atoms with Crippen molar-refractivity contribution in [1.82, 2.24) is 10.2 Å². The van der Waals surface area contributed by atoms with Crippen LogP contribution >= 0.6 is 0 Å². The number of aryl methyl sites for hydroxylation is 1. The second-order valence-corrected chi connectivity index (χ2v) is 6.80. The van der Waals surface area contributed by atoms with Gasteiger partial charge in [0, 0.05) is 30.6 Å². The summed E-state index contributed by atoms with van der Waals surface area (Å²) in [4.78, 5) is 27.0. The third-order valence-electron chi connectivity index (χ3n) is 4.97. The molecule has 2 heterocycles. The molecule has 1 aliphatic heterocycles. The first-order valence-corrected chi connectivity index (χ1v) is 9.19.